The number of nitrogens with one attached hydrogen (secondary N) is 2. The zero-order valence-corrected chi connectivity index (χ0v) is 10.3. The molecule has 1 fully saturated rings. The monoisotopic (exact) mass is 286 g/mol. The van der Waals surface area contributed by atoms with Crippen molar-refractivity contribution >= 4 is 11.8 Å². The topological polar surface area (TPSA) is 167 Å². The van der Waals surface area contributed by atoms with Crippen LogP contribution in [0, 0.1) is 5.41 Å². The van der Waals surface area contributed by atoms with Gasteiger partial charge in [0.2, 0.25) is 5.96 Å². The van der Waals surface area contributed by atoms with E-state index in [1.54, 1.807) is 0 Å². The van der Waals surface area contributed by atoms with Gasteiger partial charge in [0.05, 0.1) is 18.5 Å². The summed E-state index contributed by atoms with van der Waals surface area (Å²) >= 11 is 0. The number of H-pyrrole nitrogens is 1. The van der Waals surface area contributed by atoms with Gasteiger partial charge >= 0.3 is 0 Å². The summed E-state index contributed by atoms with van der Waals surface area (Å²) in [6.07, 6.45) is -3.92. The molecule has 0 radical (unpaired) electrons. The molecule has 10 heteroatoms. The van der Waals surface area contributed by atoms with Gasteiger partial charge in [0, 0.05) is 0 Å². The van der Waals surface area contributed by atoms with E-state index in [0.717, 1.165) is 0 Å². The van der Waals surface area contributed by atoms with E-state index < -0.39 is 37.1 Å². The maximum Gasteiger partial charge on any atom is 0.214 e. The molecule has 0 unspecified atom stereocenters. The molecular formula is C10H15FN6O3. The quantitative estimate of drug-likeness (QED) is 0.281. The highest BCUT2D eigenvalue weighted by Gasteiger charge is 2.45. The number of amidine groups is 1. The van der Waals surface area contributed by atoms with Gasteiger partial charge in [-0.05, 0) is 0 Å². The van der Waals surface area contributed by atoms with Crippen molar-refractivity contribution in [3.8, 4) is 0 Å². The van der Waals surface area contributed by atoms with Crippen LogP contribution in [0.4, 0.5) is 4.39 Å². The Hall–Kier alpha value is -2.04. The summed E-state index contributed by atoms with van der Waals surface area (Å²) in [7, 11) is 0. The smallest absolute Gasteiger partial charge is 0.214 e. The number of aromatic amines is 1. The lowest BCUT2D eigenvalue weighted by Crippen LogP contribution is -2.30. The number of aliphatic hydroxyl groups is 2. The van der Waals surface area contributed by atoms with Gasteiger partial charge in [-0.1, -0.05) is 0 Å². The molecule has 2 heterocycles. The summed E-state index contributed by atoms with van der Waals surface area (Å²) in [5.41, 5.74) is 10.8. The number of nitrogens with zero attached hydrogens (tertiary/aromatic N) is 2. The largest absolute Gasteiger partial charge is 0.394 e. The van der Waals surface area contributed by atoms with Gasteiger partial charge in [-0.25, -0.2) is 9.37 Å². The minimum absolute atomic E-state index is 0.105. The van der Waals surface area contributed by atoms with Gasteiger partial charge in [-0.15, -0.1) is 0 Å². The van der Waals surface area contributed by atoms with Crippen molar-refractivity contribution in [1.82, 2.24) is 9.97 Å². The molecule has 1 aliphatic rings. The molecule has 1 aliphatic heterocycles. The summed E-state index contributed by atoms with van der Waals surface area (Å²) in [5.74, 6) is -0.513. The third-order valence-electron chi connectivity index (χ3n) is 2.88. The highest BCUT2D eigenvalue weighted by Crippen LogP contribution is 2.34. The van der Waals surface area contributed by atoms with Gasteiger partial charge in [0.25, 0.3) is 0 Å². The molecule has 0 spiro atoms. The summed E-state index contributed by atoms with van der Waals surface area (Å²) in [6, 6.07) is 0. The fourth-order valence-electron chi connectivity index (χ4n) is 1.92. The molecule has 8 N–H and O–H groups in total. The van der Waals surface area contributed by atoms with Crippen LogP contribution in [0.5, 0.6) is 0 Å². The number of hydrogen-bond donors (Lipinski definition) is 6. The number of nitrogens with two attached hydrogens (primary N) is 2. The number of alkyl halides is 1. The number of aliphatic hydroxyl groups excluding tert-OH is 2. The summed E-state index contributed by atoms with van der Waals surface area (Å²) in [5, 5.41) is 25.5. The molecule has 0 amide bonds. The molecule has 0 saturated carbocycles. The first-order valence-electron chi connectivity index (χ1n) is 5.76. The van der Waals surface area contributed by atoms with Crippen LogP contribution in [0.3, 0.4) is 0 Å². The predicted molar refractivity (Wildman–Crippen MR) is 66.8 cm³/mol. The fourth-order valence-corrected chi connectivity index (χ4v) is 1.92. The normalized spacial score (nSPS) is 30.6. The van der Waals surface area contributed by atoms with Gasteiger partial charge in [-0.3, -0.25) is 5.41 Å². The molecule has 110 valence electrons. The van der Waals surface area contributed by atoms with Gasteiger partial charge in [0.15, 0.2) is 17.8 Å². The van der Waals surface area contributed by atoms with E-state index in [9.17, 15) is 9.50 Å². The van der Waals surface area contributed by atoms with Crippen molar-refractivity contribution in [2.24, 2.45) is 16.5 Å². The van der Waals surface area contributed by atoms with Crippen molar-refractivity contribution in [1.29, 1.82) is 5.41 Å². The Morgan fingerprint density at radius 1 is 1.60 bits per heavy atom. The SMILES string of the molecule is N=C(N)/N=C(/N)c1ncc([C@@H]2O[C@H](CO)[C@@H](O)[C@H]2F)[nH]1. The number of aliphatic imine (C=N–C) groups is 1. The molecule has 0 aromatic carbocycles. The summed E-state index contributed by atoms with van der Waals surface area (Å²) < 4.78 is 19.1. The zero-order chi connectivity index (χ0) is 14.9. The molecule has 1 aromatic rings. The molecule has 1 aromatic heterocycles. The lowest BCUT2D eigenvalue weighted by Gasteiger charge is -2.10. The maximum absolute atomic E-state index is 13.9. The number of ether oxygens (including phenoxy) is 1. The zero-order valence-electron chi connectivity index (χ0n) is 10.3. The molecular weight excluding hydrogens is 271 g/mol. The number of rotatable bonds is 3. The Balaban J connectivity index is 2.19. The Kier molecular flexibility index (Phi) is 3.97. The fraction of sp³-hybridized carbons (Fsp3) is 0.500. The van der Waals surface area contributed by atoms with E-state index in [-0.39, 0.29) is 17.4 Å². The highest BCUT2D eigenvalue weighted by atomic mass is 19.1. The van der Waals surface area contributed by atoms with Crippen LogP contribution in [0.1, 0.15) is 17.6 Å². The second-order valence-corrected chi connectivity index (χ2v) is 4.28. The van der Waals surface area contributed by atoms with Crippen LogP contribution in [0.25, 0.3) is 0 Å². The van der Waals surface area contributed by atoms with E-state index in [2.05, 4.69) is 15.0 Å². The number of imidazole rings is 1. The molecule has 2 rings (SSSR count). The Labute approximate surface area is 113 Å². The van der Waals surface area contributed by atoms with E-state index in [1.165, 1.54) is 6.20 Å². The standard InChI is InChI=1S/C10H15FN6O3/c11-5-6(19)4(2-18)20-7(5)3-1-15-9(16-3)8(12)17-10(13)14/h1,4-7,18-19H,2H2,(H,15,16)(H5,12,13,14,17)/t4-,5-,6-,7+/m1/s1. The van der Waals surface area contributed by atoms with Crippen molar-refractivity contribution in [3.05, 3.63) is 17.7 Å². The van der Waals surface area contributed by atoms with E-state index >= 15 is 0 Å². The summed E-state index contributed by atoms with van der Waals surface area (Å²) in [4.78, 5) is 10.0. The number of aromatic nitrogens is 2. The number of hydrogen-bond acceptors (Lipinski definition) is 5. The lowest BCUT2D eigenvalue weighted by molar-refractivity contribution is -0.0235. The van der Waals surface area contributed by atoms with Crippen LogP contribution >= 0.6 is 0 Å². The Morgan fingerprint density at radius 2 is 2.30 bits per heavy atom. The molecule has 0 aliphatic carbocycles. The third kappa shape index (κ3) is 2.61. The van der Waals surface area contributed by atoms with E-state index in [4.69, 9.17) is 26.7 Å². The van der Waals surface area contributed by atoms with Crippen LogP contribution in [0.2, 0.25) is 0 Å². The Bertz CT molecular complexity index is 533. The van der Waals surface area contributed by atoms with Gasteiger partial charge < -0.3 is 31.4 Å². The molecule has 20 heavy (non-hydrogen) atoms. The van der Waals surface area contributed by atoms with Gasteiger partial charge in [0.1, 0.15) is 18.3 Å². The average Bonchev–Trinajstić information content (AvgIpc) is 2.96. The predicted octanol–water partition coefficient (Wildman–Crippen LogP) is -1.86. The Morgan fingerprint density at radius 3 is 2.85 bits per heavy atom. The number of halogens is 1. The van der Waals surface area contributed by atoms with Crippen LogP contribution in [-0.4, -0.2) is 57.0 Å². The van der Waals surface area contributed by atoms with Crippen LogP contribution in [-0.2, 0) is 4.74 Å². The van der Waals surface area contributed by atoms with Crippen molar-refractivity contribution < 1.29 is 19.3 Å². The lowest BCUT2D eigenvalue weighted by atomic mass is 10.1. The van der Waals surface area contributed by atoms with Crippen LogP contribution in [0.15, 0.2) is 11.2 Å². The van der Waals surface area contributed by atoms with Crippen LogP contribution < -0.4 is 11.5 Å². The first kappa shape index (κ1) is 14.4. The van der Waals surface area contributed by atoms with E-state index in [1.807, 2.05) is 0 Å². The van der Waals surface area contributed by atoms with Crippen molar-refractivity contribution in [3.63, 3.8) is 0 Å². The molecule has 4 atom stereocenters. The maximum atomic E-state index is 13.9. The minimum atomic E-state index is -1.70. The number of guanidine groups is 1. The van der Waals surface area contributed by atoms with Gasteiger partial charge in [-0.2, -0.15) is 4.99 Å². The molecule has 9 nitrogen and oxygen atoms in total. The molecule has 1 saturated heterocycles. The molecule has 0 bridgehead atoms. The first-order chi connectivity index (χ1) is 9.43. The third-order valence-corrected chi connectivity index (χ3v) is 2.88. The summed E-state index contributed by atoms with van der Waals surface area (Å²) in [6.45, 7) is -0.493. The van der Waals surface area contributed by atoms with Crippen molar-refractivity contribution in [2.75, 3.05) is 6.61 Å². The van der Waals surface area contributed by atoms with E-state index in [0.29, 0.717) is 0 Å². The highest BCUT2D eigenvalue weighted by molar-refractivity contribution is 6.01. The first-order valence-corrected chi connectivity index (χ1v) is 5.76. The van der Waals surface area contributed by atoms with Crippen molar-refractivity contribution in [2.45, 2.75) is 24.5 Å². The second kappa shape index (κ2) is 5.53. The minimum Gasteiger partial charge on any atom is -0.394 e. The second-order valence-electron chi connectivity index (χ2n) is 4.28. The average molecular weight is 286 g/mol.